The summed E-state index contributed by atoms with van der Waals surface area (Å²) in [6.07, 6.45) is -3.70. The number of nitrogens with zero attached hydrogens (tertiary/aromatic N) is 1. The van der Waals surface area contributed by atoms with Gasteiger partial charge in [0.15, 0.2) is 22.3 Å². The Morgan fingerprint density at radius 2 is 1.72 bits per heavy atom. The zero-order valence-electron chi connectivity index (χ0n) is 15.1. The van der Waals surface area contributed by atoms with Gasteiger partial charge in [0.05, 0.1) is 11.1 Å². The molecule has 3 aromatic rings. The Balaban J connectivity index is 2.17. The Kier molecular flexibility index (Phi) is 5.24. The molecule has 0 spiro atoms. The second kappa shape index (κ2) is 7.25. The Labute approximate surface area is 162 Å². The minimum absolute atomic E-state index is 0.0148. The van der Waals surface area contributed by atoms with Crippen LogP contribution >= 0.6 is 0 Å². The number of benzene rings is 2. The Morgan fingerprint density at radius 1 is 1.07 bits per heavy atom. The van der Waals surface area contributed by atoms with Crippen LogP contribution < -0.4 is 0 Å². The molecule has 0 saturated heterocycles. The Hall–Kier alpha value is -2.75. The molecule has 0 unspecified atom stereocenters. The number of hydrogen-bond donors (Lipinski definition) is 0. The maximum Gasteiger partial charge on any atom is 0.416 e. The first kappa shape index (κ1) is 21.0. The molecule has 0 aliphatic heterocycles. The van der Waals surface area contributed by atoms with Crippen LogP contribution in [0, 0.1) is 12.7 Å². The first-order valence-electron chi connectivity index (χ1n) is 8.16. The van der Waals surface area contributed by atoms with Crippen LogP contribution in [0.1, 0.15) is 16.9 Å². The highest BCUT2D eigenvalue weighted by molar-refractivity contribution is 7.90. The van der Waals surface area contributed by atoms with Crippen LogP contribution in [0.3, 0.4) is 0 Å². The maximum absolute atomic E-state index is 14.3. The molecule has 1 aromatic heterocycles. The van der Waals surface area contributed by atoms with Crippen molar-refractivity contribution in [2.24, 2.45) is 0 Å². The smallest absolute Gasteiger partial charge is 0.357 e. The molecular weight excluding hydrogens is 417 g/mol. The van der Waals surface area contributed by atoms with E-state index in [2.05, 4.69) is 5.16 Å². The molecule has 4 nitrogen and oxygen atoms in total. The second-order valence-corrected chi connectivity index (χ2v) is 8.39. The summed E-state index contributed by atoms with van der Waals surface area (Å²) in [7, 11) is -3.82. The van der Waals surface area contributed by atoms with Gasteiger partial charge in [-0.1, -0.05) is 17.3 Å². The molecule has 1 heterocycles. The zero-order chi connectivity index (χ0) is 21.6. The van der Waals surface area contributed by atoms with E-state index < -0.39 is 39.0 Å². The van der Waals surface area contributed by atoms with E-state index in [1.807, 2.05) is 0 Å². The standard InChI is InChI=1S/C19H14F5NO3S/c1-10-7-12(3-5-13(10)19(22,23)24)18-17(15(9-20)28-25-18)11-4-6-16(14(21)8-11)29(2,26)27/h3-8H,9H2,1-2H3. The molecule has 10 heteroatoms. The summed E-state index contributed by atoms with van der Waals surface area (Å²) in [4.78, 5) is -0.536. The first-order chi connectivity index (χ1) is 13.4. The highest BCUT2D eigenvalue weighted by atomic mass is 32.2. The molecule has 0 N–H and O–H groups in total. The number of alkyl halides is 4. The van der Waals surface area contributed by atoms with Crippen LogP contribution in [0.2, 0.25) is 0 Å². The van der Waals surface area contributed by atoms with Gasteiger partial charge in [0.1, 0.15) is 16.4 Å². The highest BCUT2D eigenvalue weighted by Gasteiger charge is 2.32. The predicted molar refractivity (Wildman–Crippen MR) is 95.0 cm³/mol. The van der Waals surface area contributed by atoms with Gasteiger partial charge in [-0.2, -0.15) is 13.2 Å². The van der Waals surface area contributed by atoms with Crippen molar-refractivity contribution in [3.05, 3.63) is 59.1 Å². The topological polar surface area (TPSA) is 60.2 Å². The Bertz CT molecular complexity index is 1180. The zero-order valence-corrected chi connectivity index (χ0v) is 16.0. The summed E-state index contributed by atoms with van der Waals surface area (Å²) in [6.45, 7) is 0.167. The van der Waals surface area contributed by atoms with Crippen molar-refractivity contribution in [3.63, 3.8) is 0 Å². The van der Waals surface area contributed by atoms with Gasteiger partial charge in [-0.25, -0.2) is 17.2 Å². The van der Waals surface area contributed by atoms with Gasteiger partial charge in [-0.15, -0.1) is 0 Å². The SMILES string of the molecule is Cc1cc(-c2noc(CF)c2-c2ccc(S(C)(=O)=O)c(F)c2)ccc1C(F)(F)F. The molecule has 0 saturated carbocycles. The van der Waals surface area contributed by atoms with Crippen LogP contribution in [0.4, 0.5) is 22.0 Å². The molecule has 3 rings (SSSR count). The van der Waals surface area contributed by atoms with E-state index in [-0.39, 0.29) is 33.7 Å². The van der Waals surface area contributed by atoms with Crippen molar-refractivity contribution in [1.29, 1.82) is 0 Å². The fraction of sp³-hybridized carbons (Fsp3) is 0.211. The molecule has 0 atom stereocenters. The van der Waals surface area contributed by atoms with Gasteiger partial charge in [0.2, 0.25) is 0 Å². The lowest BCUT2D eigenvalue weighted by Crippen LogP contribution is -2.07. The summed E-state index contributed by atoms with van der Waals surface area (Å²) in [5.41, 5.74) is -0.575. The van der Waals surface area contributed by atoms with Crippen LogP contribution in [0.25, 0.3) is 22.4 Å². The molecule has 154 valence electrons. The van der Waals surface area contributed by atoms with Gasteiger partial charge < -0.3 is 4.52 Å². The van der Waals surface area contributed by atoms with E-state index in [4.69, 9.17) is 4.52 Å². The molecule has 0 aliphatic rings. The summed E-state index contributed by atoms with van der Waals surface area (Å²) >= 11 is 0. The van der Waals surface area contributed by atoms with Gasteiger partial charge >= 0.3 is 6.18 Å². The van der Waals surface area contributed by atoms with Gasteiger partial charge in [0.25, 0.3) is 0 Å². The van der Waals surface area contributed by atoms with Crippen molar-refractivity contribution < 1.29 is 34.9 Å². The molecule has 0 amide bonds. The fourth-order valence-electron chi connectivity index (χ4n) is 3.00. The van der Waals surface area contributed by atoms with E-state index >= 15 is 0 Å². The van der Waals surface area contributed by atoms with Crippen LogP contribution in [-0.2, 0) is 22.7 Å². The largest absolute Gasteiger partial charge is 0.416 e. The van der Waals surface area contributed by atoms with E-state index in [0.717, 1.165) is 30.5 Å². The lowest BCUT2D eigenvalue weighted by Gasteiger charge is -2.11. The van der Waals surface area contributed by atoms with Crippen LogP contribution in [0.15, 0.2) is 45.8 Å². The summed E-state index contributed by atoms with van der Waals surface area (Å²) < 4.78 is 94.8. The summed E-state index contributed by atoms with van der Waals surface area (Å²) in [5.74, 6) is -1.31. The van der Waals surface area contributed by atoms with Crippen molar-refractivity contribution in [2.45, 2.75) is 24.7 Å². The third-order valence-electron chi connectivity index (χ3n) is 4.31. The molecule has 0 radical (unpaired) electrons. The summed E-state index contributed by atoms with van der Waals surface area (Å²) in [6, 6.07) is 6.41. The molecule has 0 bridgehead atoms. The maximum atomic E-state index is 14.3. The average Bonchev–Trinajstić information content (AvgIpc) is 3.03. The van der Waals surface area contributed by atoms with E-state index in [0.29, 0.717) is 0 Å². The number of aromatic nitrogens is 1. The molecule has 0 aliphatic carbocycles. The molecule has 29 heavy (non-hydrogen) atoms. The first-order valence-corrected chi connectivity index (χ1v) is 10.1. The third-order valence-corrected chi connectivity index (χ3v) is 5.44. The van der Waals surface area contributed by atoms with Crippen molar-refractivity contribution in [2.75, 3.05) is 6.26 Å². The van der Waals surface area contributed by atoms with Crippen LogP contribution in [0.5, 0.6) is 0 Å². The van der Waals surface area contributed by atoms with Gasteiger partial charge in [0, 0.05) is 11.8 Å². The minimum atomic E-state index is -4.54. The average molecular weight is 431 g/mol. The van der Waals surface area contributed by atoms with Crippen molar-refractivity contribution >= 4 is 9.84 Å². The van der Waals surface area contributed by atoms with E-state index in [9.17, 15) is 30.4 Å². The molecule has 2 aromatic carbocycles. The van der Waals surface area contributed by atoms with E-state index in [1.165, 1.54) is 19.1 Å². The number of hydrogen-bond acceptors (Lipinski definition) is 4. The monoisotopic (exact) mass is 431 g/mol. The van der Waals surface area contributed by atoms with E-state index in [1.54, 1.807) is 0 Å². The lowest BCUT2D eigenvalue weighted by molar-refractivity contribution is -0.138. The summed E-state index contributed by atoms with van der Waals surface area (Å²) in [5, 5.41) is 3.73. The fourth-order valence-corrected chi connectivity index (χ4v) is 3.72. The van der Waals surface area contributed by atoms with Crippen molar-refractivity contribution in [3.8, 4) is 22.4 Å². The number of sulfone groups is 1. The predicted octanol–water partition coefficient (Wildman–Crippen LogP) is 5.35. The minimum Gasteiger partial charge on any atom is -0.357 e. The Morgan fingerprint density at radius 3 is 2.24 bits per heavy atom. The van der Waals surface area contributed by atoms with Crippen molar-refractivity contribution in [1.82, 2.24) is 5.16 Å². The lowest BCUT2D eigenvalue weighted by atomic mass is 9.96. The quantitative estimate of drug-likeness (QED) is 0.523. The number of halogens is 5. The van der Waals surface area contributed by atoms with Gasteiger partial charge in [-0.05, 0) is 42.3 Å². The number of aryl methyl sites for hydroxylation is 1. The third kappa shape index (κ3) is 4.02. The molecule has 0 fully saturated rings. The molecular formula is C19H14F5NO3S. The van der Waals surface area contributed by atoms with Gasteiger partial charge in [-0.3, -0.25) is 0 Å². The normalized spacial score (nSPS) is 12.4. The van der Waals surface area contributed by atoms with Crippen LogP contribution in [-0.4, -0.2) is 19.8 Å². The highest BCUT2D eigenvalue weighted by Crippen LogP contribution is 2.39. The second-order valence-electron chi connectivity index (χ2n) is 6.41. The number of rotatable bonds is 4.